The number of rotatable bonds is 8. The Morgan fingerprint density at radius 1 is 1.00 bits per heavy atom. The predicted molar refractivity (Wildman–Crippen MR) is 165 cm³/mol. The van der Waals surface area contributed by atoms with E-state index < -0.39 is 29.6 Å². The van der Waals surface area contributed by atoms with Gasteiger partial charge in [0.1, 0.15) is 11.6 Å². The molecule has 4 fully saturated rings. The summed E-state index contributed by atoms with van der Waals surface area (Å²) < 4.78 is 6.48. The molecule has 230 valence electrons. The Hall–Kier alpha value is -1.88. The Morgan fingerprint density at radius 2 is 1.71 bits per heavy atom. The highest BCUT2D eigenvalue weighted by atomic mass is 35.5. The lowest BCUT2D eigenvalue weighted by Gasteiger charge is -2.37. The van der Waals surface area contributed by atoms with E-state index in [1.54, 1.807) is 23.1 Å². The summed E-state index contributed by atoms with van der Waals surface area (Å²) in [7, 11) is 0. The Balaban J connectivity index is 0.00000353. The van der Waals surface area contributed by atoms with Crippen molar-refractivity contribution in [2.45, 2.75) is 62.8 Å². The van der Waals surface area contributed by atoms with Crippen LogP contribution >= 0.6 is 35.6 Å². The molecule has 1 spiro atoms. The second-order valence-electron chi connectivity index (χ2n) is 12.0. The molecule has 5 unspecified atom stereocenters. The molecule has 2 bridgehead atoms. The number of hydrogen-bond donors (Lipinski definition) is 2. The lowest BCUT2D eigenvalue weighted by Crippen LogP contribution is -2.57. The van der Waals surface area contributed by atoms with Gasteiger partial charge in [-0.05, 0) is 37.6 Å². The number of ether oxygens (including phenoxy) is 1. The molecule has 1 aliphatic carbocycles. The molecule has 0 aromatic heterocycles. The lowest BCUT2D eigenvalue weighted by atomic mass is 9.74. The molecule has 5 atom stereocenters. The molecule has 2 N–H and O–H groups in total. The summed E-state index contributed by atoms with van der Waals surface area (Å²) in [6, 6.07) is 4.16. The van der Waals surface area contributed by atoms with E-state index >= 15 is 0 Å². The van der Waals surface area contributed by atoms with Crippen LogP contribution in [0.5, 0.6) is 0 Å². The number of halogens is 3. The zero-order chi connectivity index (χ0) is 28.7. The van der Waals surface area contributed by atoms with Crippen molar-refractivity contribution in [3.8, 4) is 0 Å². The minimum absolute atomic E-state index is 0. The van der Waals surface area contributed by atoms with Crippen LogP contribution in [-0.2, 0) is 19.1 Å². The Labute approximate surface area is 263 Å². The maximum absolute atomic E-state index is 14.2. The molecule has 3 amide bonds. The van der Waals surface area contributed by atoms with Crippen molar-refractivity contribution in [3.05, 3.63) is 40.4 Å². The minimum Gasteiger partial charge on any atom is -0.359 e. The summed E-state index contributed by atoms with van der Waals surface area (Å²) in [5.41, 5.74) is -0.675. The maximum Gasteiger partial charge on any atom is 0.246 e. The van der Waals surface area contributed by atoms with Crippen LogP contribution in [0.4, 0.5) is 5.69 Å². The molecule has 6 rings (SSSR count). The van der Waals surface area contributed by atoms with Crippen molar-refractivity contribution in [2.24, 2.45) is 11.8 Å². The number of benzene rings is 1. The number of carbonyl (C=O) groups excluding carboxylic acids is 3. The summed E-state index contributed by atoms with van der Waals surface area (Å²) >= 11 is 12.2. The van der Waals surface area contributed by atoms with Crippen LogP contribution in [0.15, 0.2) is 30.4 Å². The van der Waals surface area contributed by atoms with Crippen LogP contribution in [-0.4, -0.2) is 102 Å². The standard InChI is InChI=1S/C30H39Cl2N5O4.ClH/c1-2-35-12-14-36(15-13-35)16-17-37-26(28(39)33-19-6-4-3-5-7-19)30-11-10-23(41-30)24(25(30)29(37)40)27(38)34-20-8-9-21(31)22(32)18-20;/h8-11,18-19,23-26H,2-7,12-17H2,1H3,(H,33,39)(H,34,38);1H. The van der Waals surface area contributed by atoms with Crippen molar-refractivity contribution in [1.29, 1.82) is 0 Å². The average molecular weight is 641 g/mol. The second-order valence-corrected chi connectivity index (χ2v) is 12.8. The molecule has 42 heavy (non-hydrogen) atoms. The minimum atomic E-state index is -1.17. The van der Waals surface area contributed by atoms with Crippen LogP contribution in [0, 0.1) is 11.8 Å². The first-order chi connectivity index (χ1) is 19.8. The zero-order valence-corrected chi connectivity index (χ0v) is 26.2. The highest BCUT2D eigenvalue weighted by Gasteiger charge is 2.72. The number of hydrogen-bond acceptors (Lipinski definition) is 6. The smallest absolute Gasteiger partial charge is 0.246 e. The average Bonchev–Trinajstić information content (AvgIpc) is 3.62. The molecule has 1 aromatic rings. The summed E-state index contributed by atoms with van der Waals surface area (Å²) in [5.74, 6) is -2.24. The third-order valence-corrected chi connectivity index (χ3v) is 10.4. The fourth-order valence-corrected chi connectivity index (χ4v) is 7.71. The first kappa shape index (κ1) is 31.5. The molecule has 1 aromatic carbocycles. The van der Waals surface area contributed by atoms with Gasteiger partial charge in [0, 0.05) is 51.0 Å². The van der Waals surface area contributed by atoms with Gasteiger partial charge in [-0.15, -0.1) is 12.4 Å². The van der Waals surface area contributed by atoms with Crippen molar-refractivity contribution >= 4 is 59.0 Å². The molecule has 9 nitrogen and oxygen atoms in total. The van der Waals surface area contributed by atoms with E-state index in [0.29, 0.717) is 28.8 Å². The highest BCUT2D eigenvalue weighted by Crippen LogP contribution is 2.55. The number of fused-ring (bicyclic) bond motifs is 1. The fourth-order valence-electron chi connectivity index (χ4n) is 7.41. The summed E-state index contributed by atoms with van der Waals surface area (Å²) in [5, 5.41) is 6.87. The molecular formula is C30H40Cl3N5O4. The highest BCUT2D eigenvalue weighted by molar-refractivity contribution is 6.42. The van der Waals surface area contributed by atoms with Crippen molar-refractivity contribution in [1.82, 2.24) is 20.0 Å². The number of carbonyl (C=O) groups is 3. The molecule has 4 aliphatic heterocycles. The third kappa shape index (κ3) is 5.81. The van der Waals surface area contributed by atoms with Crippen LogP contribution in [0.25, 0.3) is 0 Å². The van der Waals surface area contributed by atoms with E-state index in [0.717, 1.165) is 58.4 Å². The molecule has 1 saturated carbocycles. The predicted octanol–water partition coefficient (Wildman–Crippen LogP) is 3.59. The van der Waals surface area contributed by atoms with E-state index in [2.05, 4.69) is 27.4 Å². The van der Waals surface area contributed by atoms with E-state index in [9.17, 15) is 14.4 Å². The van der Waals surface area contributed by atoms with E-state index in [-0.39, 0.29) is 36.2 Å². The third-order valence-electron chi connectivity index (χ3n) is 9.63. The van der Waals surface area contributed by atoms with Crippen molar-refractivity contribution in [2.75, 3.05) is 51.1 Å². The van der Waals surface area contributed by atoms with Crippen LogP contribution in [0.1, 0.15) is 39.0 Å². The van der Waals surface area contributed by atoms with Crippen molar-refractivity contribution < 1.29 is 19.1 Å². The molecule has 12 heteroatoms. The quantitative estimate of drug-likeness (QED) is 0.422. The fraction of sp³-hybridized carbons (Fsp3) is 0.633. The van der Waals surface area contributed by atoms with E-state index in [1.165, 1.54) is 6.42 Å². The number of likely N-dealkylation sites (N-methyl/N-ethyl adjacent to an activating group) is 1. The molecule has 4 heterocycles. The van der Waals surface area contributed by atoms with Gasteiger partial charge in [0.05, 0.1) is 28.0 Å². The number of nitrogens with zero attached hydrogens (tertiary/aromatic N) is 3. The van der Waals surface area contributed by atoms with Gasteiger partial charge in [-0.1, -0.05) is 61.5 Å². The summed E-state index contributed by atoms with van der Waals surface area (Å²) in [6.07, 6.45) is 8.38. The SMILES string of the molecule is CCN1CCN(CCN2C(=O)C3C(C(=O)Nc4ccc(Cl)c(Cl)c4)C4C=CC3(O4)C2C(=O)NC2CCCCC2)CC1.Cl. The first-order valence-electron chi connectivity index (χ1n) is 15.0. The monoisotopic (exact) mass is 639 g/mol. The number of likely N-dealkylation sites (tertiary alicyclic amines) is 1. The lowest BCUT2D eigenvalue weighted by molar-refractivity contribution is -0.141. The van der Waals surface area contributed by atoms with E-state index in [4.69, 9.17) is 27.9 Å². The van der Waals surface area contributed by atoms with Crippen LogP contribution in [0.2, 0.25) is 10.0 Å². The van der Waals surface area contributed by atoms with Gasteiger partial charge in [0.15, 0.2) is 0 Å². The number of piperazine rings is 1. The number of amides is 3. The zero-order valence-electron chi connectivity index (χ0n) is 23.9. The van der Waals surface area contributed by atoms with Crippen LogP contribution in [0.3, 0.4) is 0 Å². The Morgan fingerprint density at radius 3 is 2.40 bits per heavy atom. The maximum atomic E-state index is 14.2. The summed E-state index contributed by atoms with van der Waals surface area (Å²) in [4.78, 5) is 48.3. The Kier molecular flexibility index (Phi) is 9.77. The Bertz CT molecular complexity index is 1220. The first-order valence-corrected chi connectivity index (χ1v) is 15.7. The molecule has 3 saturated heterocycles. The van der Waals surface area contributed by atoms with Gasteiger partial charge in [0.2, 0.25) is 17.7 Å². The van der Waals surface area contributed by atoms with Gasteiger partial charge in [-0.2, -0.15) is 0 Å². The van der Waals surface area contributed by atoms with Gasteiger partial charge >= 0.3 is 0 Å². The number of anilines is 1. The molecule has 5 aliphatic rings. The topological polar surface area (TPSA) is 94.2 Å². The van der Waals surface area contributed by atoms with Gasteiger partial charge < -0.3 is 25.2 Å². The van der Waals surface area contributed by atoms with Gasteiger partial charge in [-0.25, -0.2) is 0 Å². The normalized spacial score (nSPS) is 31.2. The van der Waals surface area contributed by atoms with E-state index in [1.807, 2.05) is 12.2 Å². The number of nitrogens with one attached hydrogen (secondary N) is 2. The van der Waals surface area contributed by atoms with Crippen LogP contribution < -0.4 is 10.6 Å². The molecule has 0 radical (unpaired) electrons. The second kappa shape index (κ2) is 13.0. The largest absolute Gasteiger partial charge is 0.359 e. The summed E-state index contributed by atoms with van der Waals surface area (Å²) in [6.45, 7) is 8.13. The van der Waals surface area contributed by atoms with Crippen molar-refractivity contribution in [3.63, 3.8) is 0 Å². The molecular weight excluding hydrogens is 601 g/mol. The van der Waals surface area contributed by atoms with Gasteiger partial charge in [0.25, 0.3) is 0 Å². The van der Waals surface area contributed by atoms with Gasteiger partial charge in [-0.3, -0.25) is 19.3 Å².